The van der Waals surface area contributed by atoms with E-state index in [-0.39, 0.29) is 30.5 Å². The van der Waals surface area contributed by atoms with Gasteiger partial charge in [-0.15, -0.1) is 0 Å². The molecule has 2 aliphatic heterocycles. The van der Waals surface area contributed by atoms with Gasteiger partial charge in [-0.05, 0) is 98.0 Å². The van der Waals surface area contributed by atoms with Crippen LogP contribution < -0.4 is 19.7 Å². The van der Waals surface area contributed by atoms with Crippen LogP contribution in [0.3, 0.4) is 0 Å². The first kappa shape index (κ1) is 42.7. The molecule has 3 fully saturated rings. The molecule has 63 heavy (non-hydrogen) atoms. The van der Waals surface area contributed by atoms with Gasteiger partial charge in [-0.25, -0.2) is 22.5 Å². The van der Waals surface area contributed by atoms with Gasteiger partial charge in [0.1, 0.15) is 22.8 Å². The molecule has 1 amide bonds. The van der Waals surface area contributed by atoms with E-state index >= 15 is 4.39 Å². The number of hydrogen-bond donors (Lipinski definition) is 3. The van der Waals surface area contributed by atoms with Gasteiger partial charge in [0.05, 0.1) is 47.5 Å². The zero-order valence-corrected chi connectivity index (χ0v) is 36.1. The lowest BCUT2D eigenvalue weighted by molar-refractivity contribution is -0.384. The number of amides is 1. The Balaban J connectivity index is 0.953. The van der Waals surface area contributed by atoms with Crippen LogP contribution in [0, 0.1) is 21.3 Å². The second-order valence-electron chi connectivity index (χ2n) is 16.8. The first-order chi connectivity index (χ1) is 30.3. The molecular weight excluding hydrogens is 853 g/mol. The van der Waals surface area contributed by atoms with Crippen molar-refractivity contribution < 1.29 is 36.7 Å². The number of piperazine rings is 1. The Kier molecular flexibility index (Phi) is 11.9. The summed E-state index contributed by atoms with van der Waals surface area (Å²) in [5.41, 5.74) is 4.50. The summed E-state index contributed by atoms with van der Waals surface area (Å²) in [6.45, 7) is 6.13. The van der Waals surface area contributed by atoms with Crippen LogP contribution in [0.15, 0.2) is 89.6 Å². The Morgan fingerprint density at radius 2 is 1.92 bits per heavy atom. The molecule has 4 heterocycles. The van der Waals surface area contributed by atoms with Crippen LogP contribution in [0.4, 0.5) is 21.5 Å². The number of nitrogens with zero attached hydrogens (tertiary/aromatic N) is 4. The van der Waals surface area contributed by atoms with Crippen LogP contribution in [0.1, 0.15) is 54.9 Å². The smallest absolute Gasteiger partial charge is 0.296 e. The van der Waals surface area contributed by atoms with Gasteiger partial charge in [0.25, 0.3) is 21.6 Å². The average Bonchev–Trinajstić information content (AvgIpc) is 3.84. The predicted octanol–water partition coefficient (Wildman–Crippen LogP) is 7.93. The van der Waals surface area contributed by atoms with Gasteiger partial charge in [0.15, 0.2) is 5.82 Å². The summed E-state index contributed by atoms with van der Waals surface area (Å²) in [4.78, 5) is 36.4. The van der Waals surface area contributed by atoms with Gasteiger partial charge < -0.3 is 29.4 Å². The number of sulfonamides is 1. The van der Waals surface area contributed by atoms with Gasteiger partial charge in [-0.3, -0.25) is 19.8 Å². The summed E-state index contributed by atoms with van der Waals surface area (Å²) in [5, 5.41) is 16.2. The van der Waals surface area contributed by atoms with Crippen LogP contribution in [0.25, 0.3) is 16.6 Å². The lowest BCUT2D eigenvalue weighted by Crippen LogP contribution is -2.52. The minimum Gasteiger partial charge on any atom is -0.455 e. The molecule has 3 N–H and O–H groups in total. The average molecular weight is 900 g/mol. The van der Waals surface area contributed by atoms with E-state index in [9.17, 15) is 23.3 Å². The highest BCUT2D eigenvalue weighted by Gasteiger charge is 2.45. The first-order valence-electron chi connectivity index (χ1n) is 21.0. The highest BCUT2D eigenvalue weighted by Crippen LogP contribution is 2.58. The largest absolute Gasteiger partial charge is 0.455 e. The molecule has 0 bridgehead atoms. The molecule has 1 spiro atoms. The number of halogens is 2. The molecule has 3 aromatic carbocycles. The Bertz CT molecular complexity index is 2700. The van der Waals surface area contributed by atoms with E-state index in [1.54, 1.807) is 24.4 Å². The molecule has 2 saturated heterocycles. The van der Waals surface area contributed by atoms with Crippen LogP contribution in [-0.2, 0) is 19.5 Å². The van der Waals surface area contributed by atoms with Crippen molar-refractivity contribution in [2.24, 2.45) is 5.41 Å². The fraction of sp³-hybridized carbons (Fsp3) is 0.378. The molecular formula is C45H47ClFN7O8S. The third-order valence-corrected chi connectivity index (χ3v) is 14.1. The highest BCUT2D eigenvalue weighted by molar-refractivity contribution is 7.90. The summed E-state index contributed by atoms with van der Waals surface area (Å²) in [5.74, 6) is -1.94. The van der Waals surface area contributed by atoms with E-state index in [1.807, 2.05) is 22.9 Å². The zero-order chi connectivity index (χ0) is 43.9. The van der Waals surface area contributed by atoms with E-state index in [0.29, 0.717) is 55.2 Å². The highest BCUT2D eigenvalue weighted by atomic mass is 35.5. The maximum atomic E-state index is 15.5. The number of H-pyrrole nitrogens is 1. The molecule has 2 aliphatic carbocycles. The zero-order valence-electron chi connectivity index (χ0n) is 34.6. The van der Waals surface area contributed by atoms with Gasteiger partial charge in [-0.2, -0.15) is 0 Å². The molecule has 2 aromatic heterocycles. The number of hydrogen-bond acceptors (Lipinski definition) is 12. The van der Waals surface area contributed by atoms with Crippen molar-refractivity contribution in [1.29, 1.82) is 0 Å². The third kappa shape index (κ3) is 9.38. The number of aromatic amines is 1. The third-order valence-electron chi connectivity index (χ3n) is 12.6. The van der Waals surface area contributed by atoms with Gasteiger partial charge >= 0.3 is 0 Å². The number of carbonyl (C=O) groups is 1. The Labute approximate surface area is 368 Å². The number of anilines is 2. The quantitative estimate of drug-likeness (QED) is 0.0768. The molecule has 4 aliphatic rings. The lowest BCUT2D eigenvalue weighted by Gasteiger charge is -2.42. The summed E-state index contributed by atoms with van der Waals surface area (Å²) in [6.07, 6.45) is 8.69. The topological polar surface area (TPSA) is 181 Å². The normalized spacial score (nSPS) is 20.2. The summed E-state index contributed by atoms with van der Waals surface area (Å²) in [7, 11) is -4.85. The van der Waals surface area contributed by atoms with Crippen molar-refractivity contribution in [2.45, 2.75) is 56.1 Å². The van der Waals surface area contributed by atoms with Gasteiger partial charge in [0.2, 0.25) is 0 Å². The maximum Gasteiger partial charge on any atom is 0.296 e. The molecule has 0 unspecified atom stereocenters. The summed E-state index contributed by atoms with van der Waals surface area (Å²) < 4.78 is 61.9. The van der Waals surface area contributed by atoms with Gasteiger partial charge in [-0.1, -0.05) is 29.3 Å². The standard InChI is InChI=1S/C45H47ClFN7O8S/c1-28-25-53(15-14-52(28)26-31-22-45(11-12-45)10-8-37(31)29-2-4-32(46)5-3-29)33-6-7-38(41(19-33)62-34-18-30-9-13-48-43(30)50-23-34)44(55)51-63(58,59)36-20-39(47)42(40(21-36)54(56)57)49-24-35-27-60-16-17-61-35/h2-7,9,13,18-21,23,28,35,49H,8,10-12,14-17,22,24-27H2,1H3,(H,48,50)(H,51,55)/t28-,35+/m1/s1. The Morgan fingerprint density at radius 1 is 1.10 bits per heavy atom. The van der Waals surface area contributed by atoms with Crippen molar-refractivity contribution in [1.82, 2.24) is 19.6 Å². The van der Waals surface area contributed by atoms with Crippen molar-refractivity contribution in [3.05, 3.63) is 117 Å². The number of nitrogens with one attached hydrogen (secondary N) is 3. The fourth-order valence-electron chi connectivity index (χ4n) is 8.91. The van der Waals surface area contributed by atoms with Crippen molar-refractivity contribution >= 4 is 61.2 Å². The predicted molar refractivity (Wildman–Crippen MR) is 237 cm³/mol. The van der Waals surface area contributed by atoms with Crippen LogP contribution in [0.5, 0.6) is 11.5 Å². The SMILES string of the molecule is C[C@@H]1CN(c2ccc(C(=O)NS(=O)(=O)c3cc(F)c(NC[C@H]4COCCO4)c([N+](=O)[O-])c3)c(Oc3cnc4[nH]ccc4c3)c2)CCN1CC1=C(c2ccc(Cl)cc2)CCC2(CC2)C1. The molecule has 15 nitrogen and oxygen atoms in total. The summed E-state index contributed by atoms with van der Waals surface area (Å²) >= 11 is 6.25. The second kappa shape index (κ2) is 17.5. The van der Waals surface area contributed by atoms with Crippen LogP contribution >= 0.6 is 11.6 Å². The molecule has 18 heteroatoms. The van der Waals surface area contributed by atoms with E-state index in [0.717, 1.165) is 42.0 Å². The number of carbonyl (C=O) groups excluding carboxylic acids is 1. The molecule has 330 valence electrons. The number of nitro groups is 1. The van der Waals surface area contributed by atoms with Crippen molar-refractivity contribution in [3.8, 4) is 11.5 Å². The molecule has 9 rings (SSSR count). The number of ether oxygens (including phenoxy) is 3. The number of nitro benzene ring substituents is 1. The second-order valence-corrected chi connectivity index (χ2v) is 19.0. The van der Waals surface area contributed by atoms with E-state index < -0.39 is 49.0 Å². The molecule has 5 aromatic rings. The van der Waals surface area contributed by atoms with E-state index in [2.05, 4.69) is 44.1 Å². The number of allylic oxidation sites excluding steroid dienone is 1. The van der Waals surface area contributed by atoms with E-state index in [1.165, 1.54) is 48.2 Å². The fourth-order valence-corrected chi connectivity index (χ4v) is 10.0. The van der Waals surface area contributed by atoms with Crippen LogP contribution in [0.2, 0.25) is 5.02 Å². The number of aromatic nitrogens is 2. The van der Waals surface area contributed by atoms with Gasteiger partial charge in [0, 0.05) is 73.2 Å². The monoisotopic (exact) mass is 899 g/mol. The van der Waals surface area contributed by atoms with Crippen LogP contribution in [-0.4, -0.2) is 98.8 Å². The van der Waals surface area contributed by atoms with Crippen molar-refractivity contribution in [2.75, 3.05) is 62.8 Å². The number of pyridine rings is 1. The molecule has 2 atom stereocenters. The minimum absolute atomic E-state index is 0.0225. The number of rotatable bonds is 13. The Morgan fingerprint density at radius 3 is 2.67 bits per heavy atom. The molecule has 0 radical (unpaired) electrons. The summed E-state index contributed by atoms with van der Waals surface area (Å²) in [6, 6.07) is 18.1. The maximum absolute atomic E-state index is 15.5. The number of benzene rings is 3. The lowest BCUT2D eigenvalue weighted by atomic mass is 9.78. The number of fused-ring (bicyclic) bond motifs is 1. The minimum atomic E-state index is -4.85. The van der Waals surface area contributed by atoms with E-state index in [4.69, 9.17) is 25.8 Å². The Hall–Kier alpha value is -5.59. The first-order valence-corrected chi connectivity index (χ1v) is 22.9. The molecule has 1 saturated carbocycles. The van der Waals surface area contributed by atoms with Crippen molar-refractivity contribution in [3.63, 3.8) is 0 Å².